The SMILES string of the molecule is O=[N+]([O-])c1c(N2CCC([C@H](O)c3ccccc3)CC2)nc2ccccn12. The number of nitrogens with zero attached hydrogens (tertiary/aromatic N) is 4. The highest BCUT2D eigenvalue weighted by Gasteiger charge is 2.32. The van der Waals surface area contributed by atoms with Crippen LogP contribution < -0.4 is 4.90 Å². The summed E-state index contributed by atoms with van der Waals surface area (Å²) in [6, 6.07) is 15.0. The average Bonchev–Trinajstić information content (AvgIpc) is 3.08. The quantitative estimate of drug-likeness (QED) is 0.576. The highest BCUT2D eigenvalue weighted by atomic mass is 16.6. The Morgan fingerprint density at radius 1 is 1.12 bits per heavy atom. The molecule has 1 aliphatic heterocycles. The first-order chi connectivity index (χ1) is 12.6. The van der Waals surface area contributed by atoms with Gasteiger partial charge in [0, 0.05) is 19.2 Å². The number of fused-ring (bicyclic) bond motifs is 1. The van der Waals surface area contributed by atoms with Gasteiger partial charge in [0.1, 0.15) is 0 Å². The van der Waals surface area contributed by atoms with Crippen LogP contribution in [0.15, 0.2) is 54.7 Å². The molecule has 1 fully saturated rings. The van der Waals surface area contributed by atoms with Crippen molar-refractivity contribution in [3.63, 3.8) is 0 Å². The maximum atomic E-state index is 11.6. The van der Waals surface area contributed by atoms with Gasteiger partial charge in [0.05, 0.1) is 12.3 Å². The van der Waals surface area contributed by atoms with Gasteiger partial charge < -0.3 is 20.1 Å². The molecule has 0 aliphatic carbocycles. The van der Waals surface area contributed by atoms with E-state index in [0.717, 1.165) is 18.4 Å². The third-order valence-electron chi connectivity index (χ3n) is 5.09. The van der Waals surface area contributed by atoms with Gasteiger partial charge in [-0.15, -0.1) is 0 Å². The lowest BCUT2D eigenvalue weighted by Crippen LogP contribution is -2.36. The fourth-order valence-electron chi connectivity index (χ4n) is 3.70. The normalized spacial score (nSPS) is 16.7. The Morgan fingerprint density at radius 2 is 1.81 bits per heavy atom. The smallest absolute Gasteiger partial charge is 0.372 e. The summed E-state index contributed by atoms with van der Waals surface area (Å²) < 4.78 is 1.51. The lowest BCUT2D eigenvalue weighted by molar-refractivity contribution is -0.389. The predicted molar refractivity (Wildman–Crippen MR) is 98.2 cm³/mol. The van der Waals surface area contributed by atoms with Crippen molar-refractivity contribution >= 4 is 17.3 Å². The van der Waals surface area contributed by atoms with Crippen molar-refractivity contribution in [2.75, 3.05) is 18.0 Å². The third kappa shape index (κ3) is 2.90. The number of nitro groups is 1. The fourth-order valence-corrected chi connectivity index (χ4v) is 3.70. The zero-order valence-corrected chi connectivity index (χ0v) is 14.2. The largest absolute Gasteiger partial charge is 0.388 e. The lowest BCUT2D eigenvalue weighted by Gasteiger charge is -2.34. The minimum absolute atomic E-state index is 0.00246. The highest BCUT2D eigenvalue weighted by molar-refractivity contribution is 5.63. The van der Waals surface area contributed by atoms with Crippen LogP contribution >= 0.6 is 0 Å². The molecule has 134 valence electrons. The number of anilines is 1. The van der Waals surface area contributed by atoms with Crippen molar-refractivity contribution in [2.45, 2.75) is 18.9 Å². The van der Waals surface area contributed by atoms with E-state index in [1.54, 1.807) is 18.3 Å². The van der Waals surface area contributed by atoms with Crippen molar-refractivity contribution in [1.82, 2.24) is 9.38 Å². The Labute approximate surface area is 150 Å². The van der Waals surface area contributed by atoms with Gasteiger partial charge in [-0.2, -0.15) is 9.38 Å². The number of rotatable bonds is 4. The maximum Gasteiger partial charge on any atom is 0.372 e. The molecule has 0 bridgehead atoms. The molecule has 1 aromatic carbocycles. The molecule has 0 amide bonds. The standard InChI is InChI=1S/C19H20N4O3/c24-17(14-6-2-1-3-7-14)15-9-12-21(13-10-15)18-19(23(25)26)22-11-5-4-8-16(22)20-18/h1-8,11,15,17,24H,9-10,12-13H2/t17-/m1/s1. The summed E-state index contributed by atoms with van der Waals surface area (Å²) in [6.45, 7) is 1.28. The highest BCUT2D eigenvalue weighted by Crippen LogP contribution is 2.35. The minimum atomic E-state index is -0.505. The number of aliphatic hydroxyl groups is 1. The Hall–Kier alpha value is -2.93. The molecular formula is C19H20N4O3. The van der Waals surface area contributed by atoms with E-state index in [9.17, 15) is 15.2 Å². The van der Waals surface area contributed by atoms with Gasteiger partial charge in [-0.3, -0.25) is 0 Å². The van der Waals surface area contributed by atoms with E-state index in [1.165, 1.54) is 4.40 Å². The summed E-state index contributed by atoms with van der Waals surface area (Å²) in [4.78, 5) is 17.6. The number of piperidine rings is 1. The number of imidazole rings is 1. The molecular weight excluding hydrogens is 332 g/mol. The molecule has 1 aliphatic rings. The number of pyridine rings is 1. The molecule has 26 heavy (non-hydrogen) atoms. The first kappa shape index (κ1) is 16.5. The molecule has 7 nitrogen and oxygen atoms in total. The van der Waals surface area contributed by atoms with Crippen LogP contribution in [0.1, 0.15) is 24.5 Å². The number of hydrogen-bond donors (Lipinski definition) is 1. The number of benzene rings is 1. The molecule has 1 atom stereocenters. The van der Waals surface area contributed by atoms with Crippen LogP contribution in [-0.2, 0) is 0 Å². The van der Waals surface area contributed by atoms with Crippen molar-refractivity contribution < 1.29 is 10.0 Å². The lowest BCUT2D eigenvalue weighted by atomic mass is 9.87. The van der Waals surface area contributed by atoms with E-state index in [1.807, 2.05) is 41.3 Å². The van der Waals surface area contributed by atoms with Gasteiger partial charge in [0.15, 0.2) is 0 Å². The Balaban J connectivity index is 1.54. The van der Waals surface area contributed by atoms with Crippen LogP contribution in [0, 0.1) is 16.0 Å². The first-order valence-electron chi connectivity index (χ1n) is 8.74. The third-order valence-corrected chi connectivity index (χ3v) is 5.09. The zero-order chi connectivity index (χ0) is 18.1. The molecule has 7 heteroatoms. The second-order valence-electron chi connectivity index (χ2n) is 6.62. The molecule has 0 spiro atoms. The number of aromatic nitrogens is 2. The predicted octanol–water partition coefficient (Wildman–Crippen LogP) is 3.19. The fraction of sp³-hybridized carbons (Fsp3) is 0.316. The van der Waals surface area contributed by atoms with Gasteiger partial charge >= 0.3 is 5.82 Å². The molecule has 1 N–H and O–H groups in total. The van der Waals surface area contributed by atoms with E-state index in [2.05, 4.69) is 4.98 Å². The molecule has 2 aromatic heterocycles. The van der Waals surface area contributed by atoms with Gasteiger partial charge in [0.25, 0.3) is 0 Å². The Kier molecular flexibility index (Phi) is 4.30. The summed E-state index contributed by atoms with van der Waals surface area (Å²) in [5, 5.41) is 22.2. The van der Waals surface area contributed by atoms with Crippen molar-refractivity contribution in [3.8, 4) is 0 Å². The van der Waals surface area contributed by atoms with Gasteiger partial charge in [0.2, 0.25) is 11.5 Å². The van der Waals surface area contributed by atoms with Crippen molar-refractivity contribution in [1.29, 1.82) is 0 Å². The van der Waals surface area contributed by atoms with Crippen molar-refractivity contribution in [2.24, 2.45) is 5.92 Å². The summed E-state index contributed by atoms with van der Waals surface area (Å²) >= 11 is 0. The summed E-state index contributed by atoms with van der Waals surface area (Å²) in [7, 11) is 0. The van der Waals surface area contributed by atoms with Crippen molar-refractivity contribution in [3.05, 3.63) is 70.4 Å². The van der Waals surface area contributed by atoms with Crippen LogP contribution in [0.5, 0.6) is 0 Å². The molecule has 3 aromatic rings. The second-order valence-corrected chi connectivity index (χ2v) is 6.62. The molecule has 0 unspecified atom stereocenters. The topological polar surface area (TPSA) is 83.9 Å². The van der Waals surface area contributed by atoms with Gasteiger partial charge in [-0.1, -0.05) is 36.4 Å². The van der Waals surface area contributed by atoms with Gasteiger partial charge in [-0.25, -0.2) is 0 Å². The maximum absolute atomic E-state index is 11.6. The molecule has 3 heterocycles. The van der Waals surface area contributed by atoms with Crippen LogP contribution in [-0.4, -0.2) is 32.5 Å². The summed E-state index contributed by atoms with van der Waals surface area (Å²) in [5.74, 6) is 0.557. The molecule has 4 rings (SSSR count). The van der Waals surface area contributed by atoms with E-state index < -0.39 is 6.10 Å². The Bertz CT molecular complexity index is 917. The summed E-state index contributed by atoms with van der Waals surface area (Å²) in [6.07, 6.45) is 2.69. The van der Waals surface area contributed by atoms with E-state index >= 15 is 0 Å². The second kappa shape index (κ2) is 6.76. The molecule has 0 saturated carbocycles. The van der Waals surface area contributed by atoms with E-state index in [0.29, 0.717) is 24.6 Å². The van der Waals surface area contributed by atoms with Crippen LogP contribution in [0.2, 0.25) is 0 Å². The average molecular weight is 352 g/mol. The summed E-state index contributed by atoms with van der Waals surface area (Å²) in [5.41, 5.74) is 1.49. The van der Waals surface area contributed by atoms with Gasteiger partial charge in [-0.05, 0) is 35.3 Å². The van der Waals surface area contributed by atoms with Crippen LogP contribution in [0.4, 0.5) is 11.6 Å². The minimum Gasteiger partial charge on any atom is -0.388 e. The Morgan fingerprint density at radius 3 is 2.50 bits per heavy atom. The van der Waals surface area contributed by atoms with Crippen LogP contribution in [0.25, 0.3) is 5.65 Å². The van der Waals surface area contributed by atoms with E-state index in [4.69, 9.17) is 0 Å². The zero-order valence-electron chi connectivity index (χ0n) is 14.2. The van der Waals surface area contributed by atoms with E-state index in [-0.39, 0.29) is 16.7 Å². The monoisotopic (exact) mass is 352 g/mol. The molecule has 1 saturated heterocycles. The number of hydrogen-bond acceptors (Lipinski definition) is 5. The molecule has 0 radical (unpaired) electrons. The number of aliphatic hydroxyl groups excluding tert-OH is 1. The first-order valence-corrected chi connectivity index (χ1v) is 8.74. The van der Waals surface area contributed by atoms with Crippen LogP contribution in [0.3, 0.4) is 0 Å².